The maximum Gasteiger partial charge on any atom is 0.337 e. The normalized spacial score (nSPS) is 10.3. The smallest absolute Gasteiger partial charge is 0.337 e. The van der Waals surface area contributed by atoms with Crippen LogP contribution >= 0.6 is 0 Å². The van der Waals surface area contributed by atoms with E-state index in [0.717, 1.165) is 17.8 Å². The Morgan fingerprint density at radius 3 is 2.53 bits per heavy atom. The van der Waals surface area contributed by atoms with Gasteiger partial charge >= 0.3 is 5.97 Å². The molecule has 0 unspecified atom stereocenters. The predicted molar refractivity (Wildman–Crippen MR) is 64.2 cm³/mol. The summed E-state index contributed by atoms with van der Waals surface area (Å²) in [7, 11) is 0. The lowest BCUT2D eigenvalue weighted by atomic mass is 10.2. The van der Waals surface area contributed by atoms with Crippen molar-refractivity contribution >= 4 is 11.9 Å². The zero-order valence-electron chi connectivity index (χ0n) is 10.4. The Morgan fingerprint density at radius 1 is 1.41 bits per heavy atom. The standard InChI is InChI=1S/C12H18N2O3/c1-8-7-11(12(16)17)9(2)14(8)6-4-5-13-10(3)15/h7H,4-6H2,1-3H3,(H,13,15)(H,16,17). The molecule has 0 saturated carbocycles. The van der Waals surface area contributed by atoms with E-state index in [9.17, 15) is 9.59 Å². The number of aromatic carboxylic acids is 1. The van der Waals surface area contributed by atoms with Crippen molar-refractivity contribution in [3.8, 4) is 0 Å². The number of carbonyl (C=O) groups is 2. The second-order valence-corrected chi connectivity index (χ2v) is 4.08. The van der Waals surface area contributed by atoms with Crippen molar-refractivity contribution in [1.29, 1.82) is 0 Å². The summed E-state index contributed by atoms with van der Waals surface area (Å²) in [5.41, 5.74) is 2.04. The third-order valence-corrected chi connectivity index (χ3v) is 2.74. The van der Waals surface area contributed by atoms with E-state index < -0.39 is 5.97 Å². The number of rotatable bonds is 5. The Kier molecular flexibility index (Phi) is 4.31. The molecule has 1 heterocycles. The number of hydrogen-bond acceptors (Lipinski definition) is 2. The summed E-state index contributed by atoms with van der Waals surface area (Å²) in [5.74, 6) is -0.941. The van der Waals surface area contributed by atoms with Gasteiger partial charge in [0.1, 0.15) is 0 Å². The molecule has 94 valence electrons. The molecular formula is C12H18N2O3. The van der Waals surface area contributed by atoms with E-state index in [0.29, 0.717) is 18.7 Å². The van der Waals surface area contributed by atoms with Crippen LogP contribution < -0.4 is 5.32 Å². The minimum Gasteiger partial charge on any atom is -0.478 e. The van der Waals surface area contributed by atoms with Crippen LogP contribution in [0, 0.1) is 13.8 Å². The van der Waals surface area contributed by atoms with Gasteiger partial charge in [-0.25, -0.2) is 4.79 Å². The van der Waals surface area contributed by atoms with Crippen LogP contribution in [-0.4, -0.2) is 28.1 Å². The lowest BCUT2D eigenvalue weighted by Crippen LogP contribution is -2.22. The fourth-order valence-electron chi connectivity index (χ4n) is 1.86. The molecule has 0 aliphatic rings. The van der Waals surface area contributed by atoms with E-state index in [1.807, 2.05) is 11.5 Å². The van der Waals surface area contributed by atoms with Crippen molar-refractivity contribution in [2.45, 2.75) is 33.7 Å². The van der Waals surface area contributed by atoms with Crippen molar-refractivity contribution in [3.63, 3.8) is 0 Å². The van der Waals surface area contributed by atoms with Crippen LogP contribution in [0.2, 0.25) is 0 Å². The Bertz CT molecular complexity index is 435. The average molecular weight is 238 g/mol. The SMILES string of the molecule is CC(=O)NCCCn1c(C)cc(C(=O)O)c1C. The summed E-state index contributed by atoms with van der Waals surface area (Å²) in [6.45, 7) is 6.49. The maximum absolute atomic E-state index is 10.9. The van der Waals surface area contributed by atoms with Crippen LogP contribution in [0.1, 0.15) is 35.1 Å². The van der Waals surface area contributed by atoms with Crippen LogP contribution in [0.25, 0.3) is 0 Å². The summed E-state index contributed by atoms with van der Waals surface area (Å²) in [5, 5.41) is 11.7. The van der Waals surface area contributed by atoms with Gasteiger partial charge in [-0.3, -0.25) is 4.79 Å². The summed E-state index contributed by atoms with van der Waals surface area (Å²) >= 11 is 0. The van der Waals surface area contributed by atoms with E-state index in [2.05, 4.69) is 5.32 Å². The monoisotopic (exact) mass is 238 g/mol. The van der Waals surface area contributed by atoms with Gasteiger partial charge in [0.05, 0.1) is 5.56 Å². The maximum atomic E-state index is 10.9. The molecule has 1 aromatic rings. The van der Waals surface area contributed by atoms with E-state index in [1.54, 1.807) is 13.0 Å². The number of carbonyl (C=O) groups excluding carboxylic acids is 1. The number of aryl methyl sites for hydroxylation is 1. The minimum atomic E-state index is -0.897. The summed E-state index contributed by atoms with van der Waals surface area (Å²) < 4.78 is 1.96. The number of carboxylic acid groups (broad SMARTS) is 1. The fraction of sp³-hybridized carbons (Fsp3) is 0.500. The summed E-state index contributed by atoms with van der Waals surface area (Å²) in [4.78, 5) is 21.6. The lowest BCUT2D eigenvalue weighted by molar-refractivity contribution is -0.118. The minimum absolute atomic E-state index is 0.0443. The van der Waals surface area contributed by atoms with Gasteiger partial charge in [0.25, 0.3) is 0 Å². The number of nitrogens with zero attached hydrogens (tertiary/aromatic N) is 1. The molecule has 17 heavy (non-hydrogen) atoms. The van der Waals surface area contributed by atoms with Crippen molar-refractivity contribution in [2.75, 3.05) is 6.54 Å². The first kappa shape index (κ1) is 13.3. The molecule has 0 radical (unpaired) electrons. The van der Waals surface area contributed by atoms with Crippen LogP contribution in [0.15, 0.2) is 6.07 Å². The van der Waals surface area contributed by atoms with Crippen LogP contribution in [-0.2, 0) is 11.3 Å². The van der Waals surface area contributed by atoms with Gasteiger partial charge in [0.15, 0.2) is 0 Å². The molecule has 0 aliphatic carbocycles. The molecule has 1 rings (SSSR count). The van der Waals surface area contributed by atoms with Gasteiger partial charge in [-0.15, -0.1) is 0 Å². The topological polar surface area (TPSA) is 71.3 Å². The largest absolute Gasteiger partial charge is 0.478 e. The quantitative estimate of drug-likeness (QED) is 0.760. The summed E-state index contributed by atoms with van der Waals surface area (Å²) in [6, 6.07) is 1.68. The average Bonchev–Trinajstić information content (AvgIpc) is 2.50. The first-order valence-electron chi connectivity index (χ1n) is 5.58. The molecule has 0 aliphatic heterocycles. The highest BCUT2D eigenvalue weighted by molar-refractivity contribution is 5.89. The van der Waals surface area contributed by atoms with E-state index in [-0.39, 0.29) is 5.91 Å². The number of hydrogen-bond donors (Lipinski definition) is 2. The molecule has 0 saturated heterocycles. The number of carboxylic acids is 1. The van der Waals surface area contributed by atoms with Gasteiger partial charge < -0.3 is 15.0 Å². The molecule has 1 amide bonds. The molecule has 5 heteroatoms. The van der Waals surface area contributed by atoms with Crippen LogP contribution in [0.3, 0.4) is 0 Å². The highest BCUT2D eigenvalue weighted by Crippen LogP contribution is 2.15. The van der Waals surface area contributed by atoms with E-state index >= 15 is 0 Å². The second kappa shape index (κ2) is 5.52. The third kappa shape index (κ3) is 3.34. The number of nitrogens with one attached hydrogen (secondary N) is 1. The Morgan fingerprint density at radius 2 is 2.06 bits per heavy atom. The molecule has 0 bridgehead atoms. The van der Waals surface area contributed by atoms with Gasteiger partial charge in [0, 0.05) is 31.4 Å². The fourth-order valence-corrected chi connectivity index (χ4v) is 1.86. The Balaban J connectivity index is 2.65. The zero-order chi connectivity index (χ0) is 13.0. The molecule has 1 aromatic heterocycles. The number of aromatic nitrogens is 1. The Labute approximate surface area is 100 Å². The molecule has 0 aromatic carbocycles. The van der Waals surface area contributed by atoms with Gasteiger partial charge in [0.2, 0.25) is 5.91 Å². The first-order chi connectivity index (χ1) is 7.93. The predicted octanol–water partition coefficient (Wildman–Crippen LogP) is 1.33. The van der Waals surface area contributed by atoms with Gasteiger partial charge in [-0.2, -0.15) is 0 Å². The number of amides is 1. The lowest BCUT2D eigenvalue weighted by Gasteiger charge is -2.09. The van der Waals surface area contributed by atoms with Crippen molar-refractivity contribution < 1.29 is 14.7 Å². The van der Waals surface area contributed by atoms with Gasteiger partial charge in [-0.1, -0.05) is 0 Å². The zero-order valence-corrected chi connectivity index (χ0v) is 10.4. The van der Waals surface area contributed by atoms with Crippen molar-refractivity contribution in [3.05, 3.63) is 23.0 Å². The molecule has 0 fully saturated rings. The third-order valence-electron chi connectivity index (χ3n) is 2.74. The summed E-state index contributed by atoms with van der Waals surface area (Å²) in [6.07, 6.45) is 0.787. The Hall–Kier alpha value is -1.78. The molecule has 0 spiro atoms. The molecular weight excluding hydrogens is 220 g/mol. The highest BCUT2D eigenvalue weighted by Gasteiger charge is 2.13. The highest BCUT2D eigenvalue weighted by atomic mass is 16.4. The van der Waals surface area contributed by atoms with Crippen molar-refractivity contribution in [1.82, 2.24) is 9.88 Å². The van der Waals surface area contributed by atoms with Gasteiger partial charge in [-0.05, 0) is 26.3 Å². The van der Waals surface area contributed by atoms with E-state index in [1.165, 1.54) is 6.92 Å². The van der Waals surface area contributed by atoms with E-state index in [4.69, 9.17) is 5.11 Å². The molecule has 5 nitrogen and oxygen atoms in total. The molecule has 2 N–H and O–H groups in total. The van der Waals surface area contributed by atoms with Crippen LogP contribution in [0.5, 0.6) is 0 Å². The second-order valence-electron chi connectivity index (χ2n) is 4.08. The van der Waals surface area contributed by atoms with Crippen LogP contribution in [0.4, 0.5) is 0 Å². The first-order valence-corrected chi connectivity index (χ1v) is 5.58. The van der Waals surface area contributed by atoms with Crippen molar-refractivity contribution in [2.24, 2.45) is 0 Å². The molecule has 0 atom stereocenters.